The molecule has 0 aliphatic rings. The van der Waals surface area contributed by atoms with E-state index < -0.39 is 5.23 Å². The first-order valence-corrected chi connectivity index (χ1v) is 8.09. The van der Waals surface area contributed by atoms with Gasteiger partial charge in [0.25, 0.3) is 0 Å². The summed E-state index contributed by atoms with van der Waals surface area (Å²) in [5.41, 5.74) is 1.99. The highest BCUT2D eigenvalue weighted by molar-refractivity contribution is 7.24. The normalized spacial score (nSPS) is 12.8. The van der Waals surface area contributed by atoms with Gasteiger partial charge in [-0.15, -0.1) is 0 Å². The molecule has 4 rings (SSSR count). The van der Waals surface area contributed by atoms with E-state index in [9.17, 15) is 5.21 Å². The quantitative estimate of drug-likeness (QED) is 0.503. The molecular weight excluding hydrogens is 320 g/mol. The third-order valence-corrected chi connectivity index (χ3v) is 5.03. The Balaban J connectivity index is 1.68. The molecular formula is C14H10N4O2S2. The molecule has 2 heterocycles. The van der Waals surface area contributed by atoms with Gasteiger partial charge in [0.05, 0.1) is 20.4 Å². The highest BCUT2D eigenvalue weighted by atomic mass is 32.1. The van der Waals surface area contributed by atoms with Gasteiger partial charge in [0.1, 0.15) is 0 Å². The summed E-state index contributed by atoms with van der Waals surface area (Å²) in [4.78, 5) is 8.96. The molecule has 0 aliphatic heterocycles. The van der Waals surface area contributed by atoms with E-state index in [1.54, 1.807) is 29.5 Å². The first-order valence-electron chi connectivity index (χ1n) is 6.45. The summed E-state index contributed by atoms with van der Waals surface area (Å²) < 4.78 is 1.95. The van der Waals surface area contributed by atoms with Crippen LogP contribution in [-0.4, -0.2) is 15.2 Å². The van der Waals surface area contributed by atoms with Crippen molar-refractivity contribution in [3.63, 3.8) is 0 Å². The van der Waals surface area contributed by atoms with Gasteiger partial charge in [0.2, 0.25) is 0 Å². The molecule has 0 spiro atoms. The fourth-order valence-corrected chi connectivity index (χ4v) is 3.96. The monoisotopic (exact) mass is 330 g/mol. The molecule has 6 nitrogen and oxygen atoms in total. The summed E-state index contributed by atoms with van der Waals surface area (Å²) in [5, 5.41) is 23.8. The molecule has 8 heteroatoms. The third kappa shape index (κ3) is 2.43. The lowest BCUT2D eigenvalue weighted by Gasteiger charge is -2.10. The molecule has 3 N–H and O–H groups in total. The minimum Gasteiger partial charge on any atom is -0.595 e. The predicted octanol–water partition coefficient (Wildman–Crippen LogP) is 3.05. The molecule has 0 aliphatic carbocycles. The molecule has 4 aromatic rings. The Morgan fingerprint density at radius 1 is 0.955 bits per heavy atom. The van der Waals surface area contributed by atoms with E-state index in [0.29, 0.717) is 5.13 Å². The number of anilines is 2. The number of rotatable bonds is 3. The van der Waals surface area contributed by atoms with Crippen LogP contribution in [0.3, 0.4) is 0 Å². The van der Waals surface area contributed by atoms with E-state index in [1.807, 2.05) is 24.3 Å². The number of nitrogens with zero attached hydrogens (tertiary/aromatic N) is 2. The zero-order chi connectivity index (χ0) is 15.1. The number of thiazole rings is 2. The summed E-state index contributed by atoms with van der Waals surface area (Å²) in [7, 11) is 0. The van der Waals surface area contributed by atoms with Crippen molar-refractivity contribution in [3.05, 3.63) is 47.7 Å². The Kier molecular flexibility index (Phi) is 3.25. The van der Waals surface area contributed by atoms with Crippen LogP contribution in [0.4, 0.5) is 16.0 Å². The molecule has 1 atom stereocenters. The van der Waals surface area contributed by atoms with Crippen molar-refractivity contribution in [1.29, 1.82) is 0 Å². The standard InChI is InChI=1S/C14H10N4O2S2/c19-18(20)8-5-6-10-12(7-8)22-14(16-10)17-13-15-9-3-1-2-4-11(9)21-13/h1-7,18-19H,(H,15,16,17). The molecule has 2 aromatic heterocycles. The van der Waals surface area contributed by atoms with Gasteiger partial charge >= 0.3 is 0 Å². The van der Waals surface area contributed by atoms with Crippen LogP contribution in [0.15, 0.2) is 42.5 Å². The first-order chi connectivity index (χ1) is 10.7. The van der Waals surface area contributed by atoms with Gasteiger partial charge < -0.3 is 10.5 Å². The van der Waals surface area contributed by atoms with Crippen LogP contribution in [0.5, 0.6) is 0 Å². The zero-order valence-corrected chi connectivity index (χ0v) is 12.7. The highest BCUT2D eigenvalue weighted by Crippen LogP contribution is 2.32. The maximum absolute atomic E-state index is 11.0. The van der Waals surface area contributed by atoms with E-state index in [-0.39, 0.29) is 5.69 Å². The average molecular weight is 330 g/mol. The Hall–Kier alpha value is -2.10. The molecule has 0 fully saturated rings. The SMILES string of the molecule is [O-][NH+](O)c1ccc2nc(Nc3nc4ccccc4s3)sc2c1. The number of quaternary nitrogens is 1. The topological polar surface area (TPSA) is 85.5 Å². The van der Waals surface area contributed by atoms with Crippen molar-refractivity contribution < 1.29 is 10.4 Å². The second kappa shape index (κ2) is 5.27. The fraction of sp³-hybridized carbons (Fsp3) is 0. The van der Waals surface area contributed by atoms with Crippen LogP contribution in [-0.2, 0) is 0 Å². The first kappa shape index (κ1) is 13.6. The Morgan fingerprint density at radius 3 is 2.36 bits per heavy atom. The van der Waals surface area contributed by atoms with Crippen LogP contribution < -0.4 is 10.5 Å². The van der Waals surface area contributed by atoms with Crippen molar-refractivity contribution in [3.8, 4) is 0 Å². The molecule has 0 bridgehead atoms. The highest BCUT2D eigenvalue weighted by Gasteiger charge is 2.10. The number of fused-ring (bicyclic) bond motifs is 2. The van der Waals surface area contributed by atoms with E-state index in [1.165, 1.54) is 11.3 Å². The van der Waals surface area contributed by atoms with Crippen LogP contribution >= 0.6 is 22.7 Å². The largest absolute Gasteiger partial charge is 0.595 e. The van der Waals surface area contributed by atoms with Crippen molar-refractivity contribution in [2.24, 2.45) is 0 Å². The van der Waals surface area contributed by atoms with Crippen LogP contribution in [0.1, 0.15) is 0 Å². The zero-order valence-electron chi connectivity index (χ0n) is 11.1. The molecule has 2 aromatic carbocycles. The fourth-order valence-electron chi connectivity index (χ4n) is 2.13. The smallest absolute Gasteiger partial charge is 0.190 e. The molecule has 0 saturated heterocycles. The molecule has 110 valence electrons. The van der Waals surface area contributed by atoms with Gasteiger partial charge in [-0.05, 0) is 18.2 Å². The summed E-state index contributed by atoms with van der Waals surface area (Å²) >= 11 is 2.98. The molecule has 1 unspecified atom stereocenters. The Morgan fingerprint density at radius 2 is 1.64 bits per heavy atom. The van der Waals surface area contributed by atoms with Gasteiger partial charge in [-0.2, -0.15) is 5.23 Å². The Bertz CT molecular complexity index is 931. The number of nitrogens with one attached hydrogen (secondary N) is 2. The van der Waals surface area contributed by atoms with Crippen molar-refractivity contribution in [2.75, 3.05) is 5.32 Å². The number of hydrogen-bond donors (Lipinski definition) is 3. The molecule has 0 saturated carbocycles. The molecule has 0 amide bonds. The maximum atomic E-state index is 11.0. The Labute approximate surface area is 132 Å². The molecule has 22 heavy (non-hydrogen) atoms. The third-order valence-electron chi connectivity index (χ3n) is 3.14. The van der Waals surface area contributed by atoms with E-state index in [4.69, 9.17) is 5.21 Å². The minimum absolute atomic E-state index is 0.266. The van der Waals surface area contributed by atoms with Crippen LogP contribution in [0, 0.1) is 5.21 Å². The summed E-state index contributed by atoms with van der Waals surface area (Å²) in [6.07, 6.45) is 0. The van der Waals surface area contributed by atoms with E-state index in [0.717, 1.165) is 25.6 Å². The minimum atomic E-state index is -0.934. The summed E-state index contributed by atoms with van der Waals surface area (Å²) in [6, 6.07) is 12.8. The van der Waals surface area contributed by atoms with Crippen molar-refractivity contribution in [2.45, 2.75) is 0 Å². The lowest BCUT2D eigenvalue weighted by molar-refractivity contribution is -0.991. The lowest BCUT2D eigenvalue weighted by atomic mass is 10.3. The lowest BCUT2D eigenvalue weighted by Crippen LogP contribution is -2.99. The van der Waals surface area contributed by atoms with Crippen molar-refractivity contribution >= 4 is 59.1 Å². The number of para-hydroxylation sites is 1. The summed E-state index contributed by atoms with van der Waals surface area (Å²) in [5.74, 6) is 0. The van der Waals surface area contributed by atoms with E-state index in [2.05, 4.69) is 15.3 Å². The maximum Gasteiger partial charge on any atom is 0.190 e. The van der Waals surface area contributed by atoms with Gasteiger partial charge in [-0.3, -0.25) is 0 Å². The predicted molar refractivity (Wildman–Crippen MR) is 88.3 cm³/mol. The van der Waals surface area contributed by atoms with Crippen molar-refractivity contribution in [1.82, 2.24) is 9.97 Å². The summed E-state index contributed by atoms with van der Waals surface area (Å²) in [6.45, 7) is 0. The van der Waals surface area contributed by atoms with Gasteiger partial charge in [0, 0.05) is 12.1 Å². The van der Waals surface area contributed by atoms with Gasteiger partial charge in [0.15, 0.2) is 16.0 Å². The van der Waals surface area contributed by atoms with Crippen LogP contribution in [0.2, 0.25) is 0 Å². The number of benzene rings is 2. The van der Waals surface area contributed by atoms with E-state index >= 15 is 0 Å². The van der Waals surface area contributed by atoms with Gasteiger partial charge in [-0.25, -0.2) is 15.2 Å². The number of aromatic nitrogens is 2. The second-order valence-electron chi connectivity index (χ2n) is 4.62. The van der Waals surface area contributed by atoms with Crippen LogP contribution in [0.25, 0.3) is 20.4 Å². The average Bonchev–Trinajstić information content (AvgIpc) is 3.08. The number of hydrogen-bond acceptors (Lipinski definition) is 7. The van der Waals surface area contributed by atoms with Gasteiger partial charge in [-0.1, -0.05) is 34.8 Å². The second-order valence-corrected chi connectivity index (χ2v) is 6.68. The molecule has 0 radical (unpaired) electrons.